The molecule has 0 bridgehead atoms. The van der Waals surface area contributed by atoms with Crippen LogP contribution >= 0.6 is 15.9 Å². The molecule has 1 saturated carbocycles. The van der Waals surface area contributed by atoms with E-state index in [1.807, 2.05) is 12.4 Å². The van der Waals surface area contributed by atoms with E-state index in [9.17, 15) is 0 Å². The van der Waals surface area contributed by atoms with Crippen LogP contribution in [0.4, 0.5) is 0 Å². The van der Waals surface area contributed by atoms with E-state index in [2.05, 4.69) is 27.0 Å². The highest BCUT2D eigenvalue weighted by molar-refractivity contribution is 9.10. The number of pyridine rings is 1. The predicted octanol–water partition coefficient (Wildman–Crippen LogP) is 3.69. The van der Waals surface area contributed by atoms with Gasteiger partial charge in [0.15, 0.2) is 0 Å². The smallest absolute Gasteiger partial charge is 0.0410 e. The van der Waals surface area contributed by atoms with Crippen molar-refractivity contribution in [1.82, 2.24) is 4.98 Å². The molecule has 1 aromatic heterocycles. The second-order valence-electron chi connectivity index (χ2n) is 5.31. The summed E-state index contributed by atoms with van der Waals surface area (Å²) in [5, 5.41) is 0. The molecule has 2 rings (SSSR count). The van der Waals surface area contributed by atoms with Crippen LogP contribution in [0.25, 0.3) is 0 Å². The highest BCUT2D eigenvalue weighted by atomic mass is 79.9. The monoisotopic (exact) mass is 296 g/mol. The predicted molar refractivity (Wildman–Crippen MR) is 74.8 cm³/mol. The van der Waals surface area contributed by atoms with Gasteiger partial charge in [0, 0.05) is 16.9 Å². The quantitative estimate of drug-likeness (QED) is 0.864. The normalized spacial score (nSPS) is 19.9. The molecule has 2 N–H and O–H groups in total. The van der Waals surface area contributed by atoms with E-state index in [0.717, 1.165) is 17.4 Å². The molecule has 1 aliphatic rings. The van der Waals surface area contributed by atoms with Gasteiger partial charge in [-0.15, -0.1) is 0 Å². The van der Waals surface area contributed by atoms with Gasteiger partial charge in [0.05, 0.1) is 0 Å². The van der Waals surface area contributed by atoms with Crippen molar-refractivity contribution in [2.75, 3.05) is 6.54 Å². The van der Waals surface area contributed by atoms with Crippen molar-refractivity contribution in [3.8, 4) is 0 Å². The SMILES string of the molecule is NCC1(Cc2cncc(Br)c2)CCCCCC1. The molecular weight excluding hydrogens is 276 g/mol. The zero-order valence-corrected chi connectivity index (χ0v) is 11.9. The number of hydrogen-bond acceptors (Lipinski definition) is 2. The first kappa shape index (κ1) is 13.0. The third-order valence-electron chi connectivity index (χ3n) is 3.94. The largest absolute Gasteiger partial charge is 0.330 e. The second-order valence-corrected chi connectivity index (χ2v) is 6.22. The van der Waals surface area contributed by atoms with Crippen molar-refractivity contribution < 1.29 is 0 Å². The summed E-state index contributed by atoms with van der Waals surface area (Å²) in [5.74, 6) is 0. The van der Waals surface area contributed by atoms with Gasteiger partial charge in [-0.3, -0.25) is 4.98 Å². The van der Waals surface area contributed by atoms with Crippen LogP contribution in [0.2, 0.25) is 0 Å². The van der Waals surface area contributed by atoms with Gasteiger partial charge < -0.3 is 5.73 Å². The van der Waals surface area contributed by atoms with Crippen LogP contribution in [0, 0.1) is 5.41 Å². The maximum absolute atomic E-state index is 6.06. The Bertz CT molecular complexity index is 357. The molecule has 0 saturated heterocycles. The van der Waals surface area contributed by atoms with Crippen molar-refractivity contribution in [3.63, 3.8) is 0 Å². The summed E-state index contributed by atoms with van der Waals surface area (Å²) in [6.07, 6.45) is 12.9. The van der Waals surface area contributed by atoms with E-state index in [0.29, 0.717) is 5.41 Å². The summed E-state index contributed by atoms with van der Waals surface area (Å²) in [6.45, 7) is 0.805. The van der Waals surface area contributed by atoms with Crippen molar-refractivity contribution in [3.05, 3.63) is 28.5 Å². The fourth-order valence-electron chi connectivity index (χ4n) is 2.92. The number of hydrogen-bond donors (Lipinski definition) is 1. The number of rotatable bonds is 3. The Labute approximate surface area is 112 Å². The molecule has 1 fully saturated rings. The zero-order chi connectivity index (χ0) is 12.1. The maximum atomic E-state index is 6.06. The summed E-state index contributed by atoms with van der Waals surface area (Å²) >= 11 is 3.49. The van der Waals surface area contributed by atoms with Crippen LogP contribution in [-0.4, -0.2) is 11.5 Å². The molecule has 0 radical (unpaired) electrons. The number of halogens is 1. The average Bonchev–Trinajstić information content (AvgIpc) is 2.55. The summed E-state index contributed by atoms with van der Waals surface area (Å²) in [4.78, 5) is 4.25. The lowest BCUT2D eigenvalue weighted by molar-refractivity contribution is 0.252. The number of aromatic nitrogens is 1. The minimum absolute atomic E-state index is 0.318. The summed E-state index contributed by atoms with van der Waals surface area (Å²) in [6, 6.07) is 2.18. The fourth-order valence-corrected chi connectivity index (χ4v) is 3.33. The minimum atomic E-state index is 0.318. The Morgan fingerprint density at radius 3 is 2.47 bits per heavy atom. The first-order chi connectivity index (χ1) is 8.24. The molecule has 0 aliphatic heterocycles. The summed E-state index contributed by atoms with van der Waals surface area (Å²) < 4.78 is 1.07. The average molecular weight is 297 g/mol. The van der Waals surface area contributed by atoms with Gasteiger partial charge >= 0.3 is 0 Å². The molecule has 1 heterocycles. The minimum Gasteiger partial charge on any atom is -0.330 e. The molecule has 0 amide bonds. The van der Waals surface area contributed by atoms with Gasteiger partial charge in [0.25, 0.3) is 0 Å². The molecule has 1 aliphatic carbocycles. The summed E-state index contributed by atoms with van der Waals surface area (Å²) in [7, 11) is 0. The topological polar surface area (TPSA) is 38.9 Å². The molecule has 1 aromatic rings. The van der Waals surface area contributed by atoms with Crippen LogP contribution in [0.3, 0.4) is 0 Å². The van der Waals surface area contributed by atoms with Gasteiger partial charge in [0.2, 0.25) is 0 Å². The summed E-state index contributed by atoms with van der Waals surface area (Å²) in [5.41, 5.74) is 7.69. The fraction of sp³-hybridized carbons (Fsp3) is 0.643. The third kappa shape index (κ3) is 3.52. The Kier molecular flexibility index (Phi) is 4.57. The Morgan fingerprint density at radius 2 is 1.88 bits per heavy atom. The molecule has 0 spiro atoms. The van der Waals surface area contributed by atoms with Crippen LogP contribution in [0.1, 0.15) is 44.1 Å². The molecule has 2 nitrogen and oxygen atoms in total. The lowest BCUT2D eigenvalue weighted by atomic mass is 9.76. The number of nitrogens with zero attached hydrogens (tertiary/aromatic N) is 1. The van der Waals surface area contributed by atoms with Gasteiger partial charge in [0.1, 0.15) is 0 Å². The highest BCUT2D eigenvalue weighted by Crippen LogP contribution is 2.37. The van der Waals surface area contributed by atoms with Gasteiger partial charge in [-0.2, -0.15) is 0 Å². The number of nitrogens with two attached hydrogens (primary N) is 1. The van der Waals surface area contributed by atoms with Crippen molar-refractivity contribution in [1.29, 1.82) is 0 Å². The lowest BCUT2D eigenvalue weighted by Crippen LogP contribution is -2.32. The lowest BCUT2D eigenvalue weighted by Gasteiger charge is -2.31. The molecular formula is C14H21BrN2. The Balaban J connectivity index is 2.12. The van der Waals surface area contributed by atoms with Crippen molar-refractivity contribution in [2.45, 2.75) is 44.9 Å². The Hall–Kier alpha value is -0.410. The van der Waals surface area contributed by atoms with E-state index in [4.69, 9.17) is 5.73 Å². The van der Waals surface area contributed by atoms with Crippen molar-refractivity contribution in [2.24, 2.45) is 11.1 Å². The van der Waals surface area contributed by atoms with Gasteiger partial charge in [-0.1, -0.05) is 25.7 Å². The molecule has 3 heteroatoms. The highest BCUT2D eigenvalue weighted by Gasteiger charge is 2.29. The first-order valence-corrected chi connectivity index (χ1v) is 7.33. The molecule has 94 valence electrons. The second kappa shape index (κ2) is 5.96. The van der Waals surface area contributed by atoms with E-state index in [1.54, 1.807) is 0 Å². The van der Waals surface area contributed by atoms with E-state index in [-0.39, 0.29) is 0 Å². The van der Waals surface area contributed by atoms with Crippen LogP contribution in [0.5, 0.6) is 0 Å². The van der Waals surface area contributed by atoms with E-state index in [1.165, 1.54) is 44.1 Å². The van der Waals surface area contributed by atoms with E-state index < -0.39 is 0 Å². The third-order valence-corrected chi connectivity index (χ3v) is 4.37. The molecule has 0 atom stereocenters. The van der Waals surface area contributed by atoms with Crippen LogP contribution in [0.15, 0.2) is 22.9 Å². The zero-order valence-electron chi connectivity index (χ0n) is 10.3. The van der Waals surface area contributed by atoms with Gasteiger partial charge in [-0.05, 0) is 58.8 Å². The van der Waals surface area contributed by atoms with Crippen LogP contribution in [-0.2, 0) is 6.42 Å². The Morgan fingerprint density at radius 1 is 1.18 bits per heavy atom. The van der Waals surface area contributed by atoms with Crippen molar-refractivity contribution >= 4 is 15.9 Å². The van der Waals surface area contributed by atoms with E-state index >= 15 is 0 Å². The van der Waals surface area contributed by atoms with Crippen LogP contribution < -0.4 is 5.73 Å². The first-order valence-electron chi connectivity index (χ1n) is 6.54. The molecule has 0 aromatic carbocycles. The maximum Gasteiger partial charge on any atom is 0.0410 e. The molecule has 17 heavy (non-hydrogen) atoms. The standard InChI is InChI=1S/C14H21BrN2/c15-13-7-12(9-17-10-13)8-14(11-16)5-3-1-2-4-6-14/h7,9-10H,1-6,8,11,16H2. The molecule has 0 unspecified atom stereocenters. The van der Waals surface area contributed by atoms with Gasteiger partial charge in [-0.25, -0.2) is 0 Å².